The summed E-state index contributed by atoms with van der Waals surface area (Å²) < 4.78 is 19.8. The average Bonchev–Trinajstić information content (AvgIpc) is 3.35. The zero-order chi connectivity index (χ0) is 19.0. The molecule has 0 aliphatic carbocycles. The van der Waals surface area contributed by atoms with Gasteiger partial charge in [-0.2, -0.15) is 0 Å². The van der Waals surface area contributed by atoms with E-state index in [9.17, 15) is 14.3 Å². The molecule has 0 spiro atoms. The van der Waals surface area contributed by atoms with Crippen LogP contribution in [0.2, 0.25) is 0 Å². The number of H-pyrrole nitrogens is 1. The van der Waals surface area contributed by atoms with Gasteiger partial charge in [0.25, 0.3) is 5.91 Å². The molecule has 1 aromatic carbocycles. The molecule has 2 aliphatic heterocycles. The topological polar surface area (TPSA) is 86.4 Å². The number of fused-ring (bicyclic) bond motifs is 1. The molecule has 1 amide bonds. The Balaban J connectivity index is 1.84. The lowest BCUT2D eigenvalue weighted by molar-refractivity contribution is -0.110. The molecule has 4 rings (SSSR count). The molecule has 6 nitrogen and oxygen atoms in total. The van der Waals surface area contributed by atoms with E-state index in [2.05, 4.69) is 27.5 Å². The van der Waals surface area contributed by atoms with Crippen molar-refractivity contribution in [1.29, 1.82) is 0 Å². The third kappa shape index (κ3) is 3.10. The van der Waals surface area contributed by atoms with Gasteiger partial charge in [-0.3, -0.25) is 4.79 Å². The number of hydrogen-bond acceptors (Lipinski definition) is 4. The minimum atomic E-state index is -1.20. The van der Waals surface area contributed by atoms with Crippen molar-refractivity contribution in [1.82, 2.24) is 10.3 Å². The van der Waals surface area contributed by atoms with Gasteiger partial charge in [-0.05, 0) is 30.8 Å². The summed E-state index contributed by atoms with van der Waals surface area (Å²) in [5, 5.41) is 16.2. The van der Waals surface area contributed by atoms with Gasteiger partial charge in [0.2, 0.25) is 0 Å². The summed E-state index contributed by atoms with van der Waals surface area (Å²) in [6.45, 7) is 0.981. The number of aromatic nitrogens is 1. The number of hydrogen-bond donors (Lipinski definition) is 4. The summed E-state index contributed by atoms with van der Waals surface area (Å²) in [6, 6.07) is 4.50. The zero-order valence-electron chi connectivity index (χ0n) is 14.6. The maximum absolute atomic E-state index is 14.6. The Bertz CT molecular complexity index is 1010. The van der Waals surface area contributed by atoms with E-state index in [0.717, 1.165) is 0 Å². The van der Waals surface area contributed by atoms with Gasteiger partial charge >= 0.3 is 0 Å². The van der Waals surface area contributed by atoms with E-state index in [1.165, 1.54) is 19.2 Å². The van der Waals surface area contributed by atoms with Crippen LogP contribution in [0.15, 0.2) is 24.4 Å². The Morgan fingerprint density at radius 1 is 1.37 bits per heavy atom. The lowest BCUT2D eigenvalue weighted by atomic mass is 9.97. The Kier molecular flexibility index (Phi) is 4.22. The average molecular weight is 367 g/mol. The van der Waals surface area contributed by atoms with Crippen LogP contribution in [0.4, 0.5) is 10.1 Å². The van der Waals surface area contributed by atoms with Crippen molar-refractivity contribution in [3.8, 4) is 17.6 Å². The molecule has 0 bridgehead atoms. The van der Waals surface area contributed by atoms with Gasteiger partial charge in [-0.1, -0.05) is 11.8 Å². The lowest BCUT2D eigenvalue weighted by Gasteiger charge is -2.12. The van der Waals surface area contributed by atoms with E-state index >= 15 is 0 Å². The fourth-order valence-corrected chi connectivity index (χ4v) is 3.29. The molecule has 1 saturated heterocycles. The molecule has 0 radical (unpaired) electrons. The molecule has 0 saturated carbocycles. The highest BCUT2D eigenvalue weighted by Crippen LogP contribution is 2.37. The van der Waals surface area contributed by atoms with Crippen LogP contribution in [-0.4, -0.2) is 41.8 Å². The Morgan fingerprint density at radius 3 is 2.96 bits per heavy atom. The van der Waals surface area contributed by atoms with Crippen LogP contribution in [-0.2, 0) is 4.79 Å². The first-order valence-electron chi connectivity index (χ1n) is 8.54. The van der Waals surface area contributed by atoms with Crippen LogP contribution in [0.3, 0.4) is 0 Å². The highest BCUT2D eigenvalue weighted by atomic mass is 19.1. The van der Waals surface area contributed by atoms with E-state index in [4.69, 9.17) is 4.74 Å². The molecule has 2 aromatic rings. The van der Waals surface area contributed by atoms with Crippen molar-refractivity contribution in [3.63, 3.8) is 0 Å². The van der Waals surface area contributed by atoms with Gasteiger partial charge in [0.05, 0.1) is 29.6 Å². The maximum Gasteiger partial charge on any atom is 0.256 e. The van der Waals surface area contributed by atoms with Crippen molar-refractivity contribution in [2.45, 2.75) is 12.0 Å². The fourth-order valence-electron chi connectivity index (χ4n) is 3.29. The van der Waals surface area contributed by atoms with Crippen molar-refractivity contribution < 1.29 is 19.0 Å². The molecule has 1 aromatic heterocycles. The molecule has 1 atom stereocenters. The quantitative estimate of drug-likeness (QED) is 0.481. The first-order valence-corrected chi connectivity index (χ1v) is 8.54. The third-order valence-electron chi connectivity index (χ3n) is 4.72. The molecular weight excluding hydrogens is 349 g/mol. The predicted molar refractivity (Wildman–Crippen MR) is 99.6 cm³/mol. The van der Waals surface area contributed by atoms with Crippen LogP contribution in [0.1, 0.15) is 23.2 Å². The number of carbonyl (C=O) groups is 1. The monoisotopic (exact) mass is 367 g/mol. The predicted octanol–water partition coefficient (Wildman–Crippen LogP) is 1.73. The first kappa shape index (κ1) is 17.3. The number of rotatable bonds is 2. The highest BCUT2D eigenvalue weighted by Gasteiger charge is 2.31. The summed E-state index contributed by atoms with van der Waals surface area (Å²) >= 11 is 0. The molecule has 138 valence electrons. The summed E-state index contributed by atoms with van der Waals surface area (Å²) in [4.78, 5) is 15.5. The second-order valence-electron chi connectivity index (χ2n) is 6.53. The van der Waals surface area contributed by atoms with E-state index in [-0.39, 0.29) is 17.0 Å². The molecule has 2 aliphatic rings. The molecule has 7 heteroatoms. The standard InChI is InChI=1S/C20H18FN3O3/c1-27-17-5-8-23-16(17)10-13-18-12(4-6-20(26)7-9-22-11-20)14(21)2-3-15(18)24-19(13)25/h2-3,5,8,10,22-23,26H,7,9,11H2,1H3,(H,24,25)/b13-10-. The number of nitrogens with one attached hydrogen (secondary N) is 3. The van der Waals surface area contributed by atoms with Crippen molar-refractivity contribution in [2.24, 2.45) is 0 Å². The Labute approximate surface area is 155 Å². The summed E-state index contributed by atoms with van der Waals surface area (Å²) in [5.41, 5.74) is 0.640. The first-order chi connectivity index (χ1) is 13.0. The maximum atomic E-state index is 14.6. The molecule has 1 fully saturated rings. The van der Waals surface area contributed by atoms with Crippen LogP contribution >= 0.6 is 0 Å². The number of methoxy groups -OCH3 is 1. The van der Waals surface area contributed by atoms with E-state index in [0.29, 0.717) is 42.2 Å². The smallest absolute Gasteiger partial charge is 0.256 e. The van der Waals surface area contributed by atoms with Crippen LogP contribution in [0.25, 0.3) is 11.6 Å². The molecule has 4 N–H and O–H groups in total. The van der Waals surface area contributed by atoms with Crippen LogP contribution < -0.4 is 15.4 Å². The van der Waals surface area contributed by atoms with Crippen LogP contribution in [0, 0.1) is 17.7 Å². The minimum absolute atomic E-state index is 0.0861. The number of aromatic amines is 1. The summed E-state index contributed by atoms with van der Waals surface area (Å²) in [7, 11) is 1.53. The van der Waals surface area contributed by atoms with Gasteiger partial charge in [0, 0.05) is 24.7 Å². The lowest BCUT2D eigenvalue weighted by Crippen LogP contribution is -2.29. The van der Waals surface area contributed by atoms with Crippen molar-refractivity contribution >= 4 is 23.2 Å². The number of benzene rings is 1. The van der Waals surface area contributed by atoms with E-state index < -0.39 is 11.4 Å². The Morgan fingerprint density at radius 2 is 2.22 bits per heavy atom. The zero-order valence-corrected chi connectivity index (χ0v) is 14.6. The van der Waals surface area contributed by atoms with Gasteiger partial charge in [0.15, 0.2) is 0 Å². The highest BCUT2D eigenvalue weighted by molar-refractivity contribution is 6.35. The number of halogens is 1. The van der Waals surface area contributed by atoms with E-state index in [1.54, 1.807) is 18.3 Å². The fraction of sp³-hybridized carbons (Fsp3) is 0.250. The largest absolute Gasteiger partial charge is 0.495 e. The van der Waals surface area contributed by atoms with Gasteiger partial charge in [0.1, 0.15) is 17.2 Å². The number of anilines is 1. The molecular formula is C20H18FN3O3. The Hall–Kier alpha value is -3.08. The van der Waals surface area contributed by atoms with Gasteiger partial charge in [-0.15, -0.1) is 0 Å². The normalized spacial score (nSPS) is 22.3. The second-order valence-corrected chi connectivity index (χ2v) is 6.53. The summed E-state index contributed by atoms with van der Waals surface area (Å²) in [6.07, 6.45) is 3.76. The number of amides is 1. The van der Waals surface area contributed by atoms with Crippen LogP contribution in [0.5, 0.6) is 5.75 Å². The van der Waals surface area contributed by atoms with Gasteiger partial charge < -0.3 is 25.5 Å². The minimum Gasteiger partial charge on any atom is -0.495 e. The second kappa shape index (κ2) is 6.58. The third-order valence-corrected chi connectivity index (χ3v) is 4.72. The number of β-amino-alcohol motifs (C(OH)–C–C–N with tert-alkyl or cyclic N) is 1. The molecule has 27 heavy (non-hydrogen) atoms. The number of carbonyl (C=O) groups excluding carboxylic acids is 1. The van der Waals surface area contributed by atoms with Gasteiger partial charge in [-0.25, -0.2) is 4.39 Å². The molecule has 3 heterocycles. The van der Waals surface area contributed by atoms with Crippen molar-refractivity contribution in [2.75, 3.05) is 25.5 Å². The van der Waals surface area contributed by atoms with Crippen molar-refractivity contribution in [3.05, 3.63) is 47.0 Å². The SMILES string of the molecule is COc1cc[nH]c1/C=C1\C(=O)Nc2ccc(F)c(C#CC3(O)CCNC3)c21. The number of aliphatic hydroxyl groups is 1. The number of ether oxygens (including phenoxy) is 1. The van der Waals surface area contributed by atoms with E-state index in [1.807, 2.05) is 0 Å². The molecule has 1 unspecified atom stereocenters. The summed E-state index contributed by atoms with van der Waals surface area (Å²) in [5.74, 6) is 5.20.